The van der Waals surface area contributed by atoms with Gasteiger partial charge in [-0.2, -0.15) is 4.98 Å². The van der Waals surface area contributed by atoms with Gasteiger partial charge in [0, 0.05) is 17.5 Å². The van der Waals surface area contributed by atoms with E-state index in [0.717, 1.165) is 22.3 Å². The molecule has 0 saturated heterocycles. The summed E-state index contributed by atoms with van der Waals surface area (Å²) in [5.74, 6) is 1.97. The van der Waals surface area contributed by atoms with Gasteiger partial charge in [0.1, 0.15) is 12.6 Å². The van der Waals surface area contributed by atoms with Crippen LogP contribution in [0.4, 0.5) is 11.6 Å². The highest BCUT2D eigenvalue weighted by Gasteiger charge is 2.35. The average Bonchev–Trinajstić information content (AvgIpc) is 3.43. The molecule has 0 aliphatic carbocycles. The van der Waals surface area contributed by atoms with Crippen molar-refractivity contribution in [3.8, 4) is 22.9 Å². The summed E-state index contributed by atoms with van der Waals surface area (Å²) < 4.78 is 13.6. The van der Waals surface area contributed by atoms with E-state index in [1.54, 1.807) is 36.3 Å². The summed E-state index contributed by atoms with van der Waals surface area (Å²) in [6.45, 7) is 4.29. The van der Waals surface area contributed by atoms with E-state index in [4.69, 9.17) is 19.6 Å². The predicted molar refractivity (Wildman–Crippen MR) is 161 cm³/mol. The molecule has 0 saturated carbocycles. The Morgan fingerprint density at radius 3 is 2.55 bits per heavy atom. The van der Waals surface area contributed by atoms with Gasteiger partial charge in [-0.1, -0.05) is 60.7 Å². The van der Waals surface area contributed by atoms with Crippen molar-refractivity contribution in [3.63, 3.8) is 0 Å². The Kier molecular flexibility index (Phi) is 7.38. The Labute approximate surface area is 243 Å². The fourth-order valence-electron chi connectivity index (χ4n) is 5.04. The quantitative estimate of drug-likeness (QED) is 0.235. The van der Waals surface area contributed by atoms with Gasteiger partial charge in [0.15, 0.2) is 17.3 Å². The Balaban J connectivity index is 1.41. The second-order valence-corrected chi connectivity index (χ2v) is 9.97. The van der Waals surface area contributed by atoms with Crippen molar-refractivity contribution in [2.24, 2.45) is 0 Å². The fraction of sp³-hybridized carbons (Fsp3) is 0.152. The van der Waals surface area contributed by atoms with Gasteiger partial charge < -0.3 is 20.1 Å². The molecule has 9 nitrogen and oxygen atoms in total. The molecule has 2 N–H and O–H groups in total. The fourth-order valence-corrected chi connectivity index (χ4v) is 5.04. The molecule has 9 heteroatoms. The highest BCUT2D eigenvalue weighted by atomic mass is 16.5. The second-order valence-electron chi connectivity index (χ2n) is 9.97. The van der Waals surface area contributed by atoms with Crippen molar-refractivity contribution in [2.45, 2.75) is 26.5 Å². The Bertz CT molecular complexity index is 1770. The Morgan fingerprint density at radius 1 is 0.976 bits per heavy atom. The van der Waals surface area contributed by atoms with Gasteiger partial charge in [0.2, 0.25) is 5.95 Å². The maximum atomic E-state index is 13.8. The van der Waals surface area contributed by atoms with E-state index in [-0.39, 0.29) is 5.91 Å². The minimum atomic E-state index is -0.597. The van der Waals surface area contributed by atoms with E-state index in [1.807, 2.05) is 86.6 Å². The van der Waals surface area contributed by atoms with Crippen LogP contribution in [-0.2, 0) is 11.4 Å². The monoisotopic (exact) mass is 558 g/mol. The summed E-state index contributed by atoms with van der Waals surface area (Å²) >= 11 is 0. The van der Waals surface area contributed by atoms with Crippen LogP contribution >= 0.6 is 0 Å². The summed E-state index contributed by atoms with van der Waals surface area (Å²) in [6, 6.07) is 26.6. The van der Waals surface area contributed by atoms with Crippen molar-refractivity contribution < 1.29 is 14.3 Å². The molecule has 0 spiro atoms. The summed E-state index contributed by atoms with van der Waals surface area (Å²) in [6.07, 6.45) is 3.27. The van der Waals surface area contributed by atoms with E-state index in [2.05, 4.69) is 15.6 Å². The van der Waals surface area contributed by atoms with Crippen molar-refractivity contribution in [1.29, 1.82) is 0 Å². The first kappa shape index (κ1) is 26.8. The van der Waals surface area contributed by atoms with Crippen LogP contribution < -0.4 is 20.1 Å². The molecule has 210 valence electrons. The number of methoxy groups -OCH3 is 1. The number of fused-ring (bicyclic) bond motifs is 1. The number of pyridine rings is 1. The number of carbonyl (C=O) groups excluding carboxylic acids is 1. The van der Waals surface area contributed by atoms with E-state index < -0.39 is 6.04 Å². The third-order valence-corrected chi connectivity index (χ3v) is 7.14. The summed E-state index contributed by atoms with van der Waals surface area (Å²) in [5.41, 5.74) is 5.56. The van der Waals surface area contributed by atoms with Crippen molar-refractivity contribution in [3.05, 3.63) is 125 Å². The first-order chi connectivity index (χ1) is 20.5. The van der Waals surface area contributed by atoms with Crippen molar-refractivity contribution in [1.82, 2.24) is 19.7 Å². The summed E-state index contributed by atoms with van der Waals surface area (Å²) in [7, 11) is 1.60. The minimum Gasteiger partial charge on any atom is -0.493 e. The number of benzene rings is 3. The number of aryl methyl sites for hydroxylation is 1. The zero-order valence-corrected chi connectivity index (χ0v) is 23.5. The highest BCUT2D eigenvalue weighted by molar-refractivity contribution is 6.06. The standard InChI is InChI=1S/C33H30N6O3/c1-21-10-7-8-14-26(21)31-37-33-35-22(2)29(32(40)36-25-13-9-17-34-19-25)30(39(33)38-31)24-15-16-27(28(18-24)41-3)42-20-23-11-5-4-6-12-23/h4-19,30H,20H2,1-3H3,(H,36,40)(H,35,37,38). The zero-order valence-electron chi connectivity index (χ0n) is 23.5. The number of hydrogen-bond donors (Lipinski definition) is 2. The molecular weight excluding hydrogens is 528 g/mol. The number of nitrogens with zero attached hydrogens (tertiary/aromatic N) is 4. The van der Waals surface area contributed by atoms with E-state index in [1.165, 1.54) is 0 Å². The molecule has 3 aromatic carbocycles. The first-order valence-electron chi connectivity index (χ1n) is 13.6. The van der Waals surface area contributed by atoms with Crippen LogP contribution in [0.15, 0.2) is 109 Å². The molecule has 1 unspecified atom stereocenters. The number of ether oxygens (including phenoxy) is 2. The van der Waals surface area contributed by atoms with Gasteiger partial charge in [-0.15, -0.1) is 5.10 Å². The minimum absolute atomic E-state index is 0.278. The SMILES string of the molecule is COc1cc(C2C(C(=O)Nc3cccnc3)=C(C)Nc3nc(-c4ccccc4C)nn32)ccc1OCc1ccccc1. The highest BCUT2D eigenvalue weighted by Crippen LogP contribution is 2.40. The molecule has 1 atom stereocenters. The van der Waals surface area contributed by atoms with Crippen LogP contribution in [-0.4, -0.2) is 32.8 Å². The maximum Gasteiger partial charge on any atom is 0.255 e. The van der Waals surface area contributed by atoms with E-state index >= 15 is 0 Å². The lowest BCUT2D eigenvalue weighted by Crippen LogP contribution is -2.31. The molecule has 2 aromatic heterocycles. The van der Waals surface area contributed by atoms with Gasteiger partial charge in [-0.3, -0.25) is 9.78 Å². The largest absolute Gasteiger partial charge is 0.493 e. The van der Waals surface area contributed by atoms with Crippen LogP contribution in [0.2, 0.25) is 0 Å². The molecule has 0 radical (unpaired) electrons. The molecule has 42 heavy (non-hydrogen) atoms. The predicted octanol–water partition coefficient (Wildman–Crippen LogP) is 6.16. The van der Waals surface area contributed by atoms with Crippen molar-refractivity contribution in [2.75, 3.05) is 17.7 Å². The molecule has 1 aliphatic heterocycles. The molecule has 6 rings (SSSR count). The van der Waals surface area contributed by atoms with Crippen LogP contribution in [0.1, 0.15) is 29.7 Å². The third kappa shape index (κ3) is 5.32. The molecular formula is C33H30N6O3. The number of carbonyl (C=O) groups is 1. The van der Waals surface area contributed by atoms with Crippen LogP contribution in [0.3, 0.4) is 0 Å². The molecule has 5 aromatic rings. The van der Waals surface area contributed by atoms with E-state index in [9.17, 15) is 4.79 Å². The number of amides is 1. The van der Waals surface area contributed by atoms with Gasteiger partial charge in [-0.05, 0) is 54.8 Å². The molecule has 1 amide bonds. The lowest BCUT2D eigenvalue weighted by Gasteiger charge is -2.29. The molecule has 1 aliphatic rings. The molecule has 0 bridgehead atoms. The number of anilines is 2. The number of hydrogen-bond acceptors (Lipinski definition) is 7. The zero-order chi connectivity index (χ0) is 29.1. The maximum absolute atomic E-state index is 13.8. The lowest BCUT2D eigenvalue weighted by molar-refractivity contribution is -0.113. The average molecular weight is 559 g/mol. The van der Waals surface area contributed by atoms with Crippen LogP contribution in [0.25, 0.3) is 11.4 Å². The number of aromatic nitrogens is 4. The Morgan fingerprint density at radius 2 is 1.79 bits per heavy atom. The van der Waals surface area contributed by atoms with Gasteiger partial charge in [-0.25, -0.2) is 4.68 Å². The topological polar surface area (TPSA) is 103 Å². The smallest absolute Gasteiger partial charge is 0.255 e. The van der Waals surface area contributed by atoms with Gasteiger partial charge >= 0.3 is 0 Å². The number of nitrogens with one attached hydrogen (secondary N) is 2. The molecule has 0 fully saturated rings. The van der Waals surface area contributed by atoms with Gasteiger partial charge in [0.25, 0.3) is 5.91 Å². The van der Waals surface area contributed by atoms with Crippen LogP contribution in [0, 0.1) is 6.92 Å². The summed E-state index contributed by atoms with van der Waals surface area (Å²) in [4.78, 5) is 22.8. The lowest BCUT2D eigenvalue weighted by atomic mass is 9.94. The molecule has 3 heterocycles. The Hall–Kier alpha value is -5.44. The third-order valence-electron chi connectivity index (χ3n) is 7.14. The van der Waals surface area contributed by atoms with E-state index in [0.29, 0.717) is 46.8 Å². The normalized spacial score (nSPS) is 14.1. The van der Waals surface area contributed by atoms with Crippen LogP contribution in [0.5, 0.6) is 11.5 Å². The van der Waals surface area contributed by atoms with Crippen molar-refractivity contribution >= 4 is 17.5 Å². The summed E-state index contributed by atoms with van der Waals surface area (Å²) in [5, 5.41) is 11.2. The number of rotatable bonds is 8. The number of allylic oxidation sites excluding steroid dienone is 1. The second kappa shape index (κ2) is 11.6. The van der Waals surface area contributed by atoms with Gasteiger partial charge in [0.05, 0.1) is 24.6 Å². The first-order valence-corrected chi connectivity index (χ1v) is 13.6.